The van der Waals surface area contributed by atoms with Crippen molar-refractivity contribution in [1.82, 2.24) is 5.32 Å². The van der Waals surface area contributed by atoms with Gasteiger partial charge in [0.25, 0.3) is 0 Å². The van der Waals surface area contributed by atoms with Crippen molar-refractivity contribution in [3.63, 3.8) is 0 Å². The monoisotopic (exact) mass is 355 g/mol. The molecule has 2 aromatic rings. The average molecular weight is 356 g/mol. The number of benzene rings is 1. The molecule has 1 aromatic heterocycles. The van der Waals surface area contributed by atoms with Gasteiger partial charge in [0, 0.05) is 12.6 Å². The van der Waals surface area contributed by atoms with E-state index in [0.29, 0.717) is 6.54 Å². The van der Waals surface area contributed by atoms with Gasteiger partial charge in [0.1, 0.15) is 5.75 Å². The molecule has 0 bridgehead atoms. The Hall–Kier alpha value is -0.880. The fourth-order valence-corrected chi connectivity index (χ4v) is 3.21. The van der Waals surface area contributed by atoms with Crippen LogP contribution in [0.2, 0.25) is 0 Å². The third-order valence-electron chi connectivity index (χ3n) is 3.22. The Morgan fingerprint density at radius 2 is 2.15 bits per heavy atom. The first-order chi connectivity index (χ1) is 9.61. The van der Waals surface area contributed by atoms with Crippen LogP contribution in [-0.2, 0) is 0 Å². The summed E-state index contributed by atoms with van der Waals surface area (Å²) in [5, 5.41) is 17.3. The first-order valence-corrected chi connectivity index (χ1v) is 8.12. The molecule has 0 aliphatic rings. The van der Waals surface area contributed by atoms with Crippen molar-refractivity contribution in [3.8, 4) is 5.75 Å². The van der Waals surface area contributed by atoms with E-state index in [1.54, 1.807) is 18.4 Å². The van der Waals surface area contributed by atoms with Crippen LogP contribution in [0.3, 0.4) is 0 Å². The van der Waals surface area contributed by atoms with E-state index in [1.807, 2.05) is 35.0 Å². The summed E-state index contributed by atoms with van der Waals surface area (Å²) in [4.78, 5) is 0. The van der Waals surface area contributed by atoms with Gasteiger partial charge in [-0.25, -0.2) is 0 Å². The van der Waals surface area contributed by atoms with Gasteiger partial charge in [0.15, 0.2) is 0 Å². The number of aliphatic hydroxyl groups is 1. The zero-order valence-corrected chi connectivity index (χ0v) is 13.9. The van der Waals surface area contributed by atoms with E-state index in [9.17, 15) is 5.11 Å². The summed E-state index contributed by atoms with van der Waals surface area (Å²) >= 11 is 5.08. The van der Waals surface area contributed by atoms with Crippen LogP contribution in [0.25, 0.3) is 0 Å². The van der Waals surface area contributed by atoms with E-state index >= 15 is 0 Å². The van der Waals surface area contributed by atoms with Gasteiger partial charge in [-0.05, 0) is 62.9 Å². The van der Waals surface area contributed by atoms with E-state index in [1.165, 1.54) is 0 Å². The summed E-state index contributed by atoms with van der Waals surface area (Å²) in [5.41, 5.74) is 2.11. The number of aliphatic hydroxyl groups excluding tert-OH is 1. The minimum absolute atomic E-state index is 0.158. The Bertz CT molecular complexity index is 545. The maximum Gasteiger partial charge on any atom is 0.133 e. The molecule has 0 spiro atoms. The highest BCUT2D eigenvalue weighted by atomic mass is 79.9. The number of halogens is 1. The molecule has 0 fully saturated rings. The molecule has 20 heavy (non-hydrogen) atoms. The molecule has 0 saturated carbocycles. The number of methoxy groups -OCH3 is 1. The van der Waals surface area contributed by atoms with Crippen LogP contribution in [0.5, 0.6) is 5.75 Å². The summed E-state index contributed by atoms with van der Waals surface area (Å²) < 4.78 is 6.16. The van der Waals surface area contributed by atoms with E-state index < -0.39 is 6.10 Å². The van der Waals surface area contributed by atoms with Gasteiger partial charge in [-0.3, -0.25) is 0 Å². The molecule has 2 atom stereocenters. The molecule has 0 amide bonds. The van der Waals surface area contributed by atoms with Gasteiger partial charge >= 0.3 is 0 Å². The summed E-state index contributed by atoms with van der Waals surface area (Å²) in [7, 11) is 1.65. The predicted octanol–water partition coefficient (Wildman–Crippen LogP) is 3.90. The third kappa shape index (κ3) is 3.82. The fourth-order valence-electron chi connectivity index (χ4n) is 1.94. The quantitative estimate of drug-likeness (QED) is 0.825. The van der Waals surface area contributed by atoms with Crippen LogP contribution in [0.15, 0.2) is 39.5 Å². The average Bonchev–Trinajstić information content (AvgIpc) is 2.98. The van der Waals surface area contributed by atoms with E-state index in [0.717, 1.165) is 21.3 Å². The highest BCUT2D eigenvalue weighted by Gasteiger charge is 2.12. The van der Waals surface area contributed by atoms with Crippen molar-refractivity contribution in [2.45, 2.75) is 19.1 Å². The molecule has 0 aliphatic heterocycles. The number of thiophene rings is 1. The molecule has 2 rings (SSSR count). The van der Waals surface area contributed by atoms with Crippen molar-refractivity contribution < 1.29 is 9.84 Å². The van der Waals surface area contributed by atoms with Gasteiger partial charge < -0.3 is 15.2 Å². The third-order valence-corrected chi connectivity index (χ3v) is 4.54. The van der Waals surface area contributed by atoms with Crippen LogP contribution < -0.4 is 10.1 Å². The van der Waals surface area contributed by atoms with Crippen molar-refractivity contribution in [2.24, 2.45) is 0 Å². The van der Waals surface area contributed by atoms with Crippen LogP contribution in [0, 0.1) is 0 Å². The van der Waals surface area contributed by atoms with Gasteiger partial charge in [0.2, 0.25) is 0 Å². The largest absolute Gasteiger partial charge is 0.496 e. The Kier molecular flexibility index (Phi) is 5.60. The minimum atomic E-state index is -0.467. The van der Waals surface area contributed by atoms with Crippen LogP contribution in [-0.4, -0.2) is 18.8 Å². The van der Waals surface area contributed by atoms with Gasteiger partial charge in [-0.1, -0.05) is 6.07 Å². The topological polar surface area (TPSA) is 41.5 Å². The van der Waals surface area contributed by atoms with Crippen LogP contribution >= 0.6 is 27.3 Å². The van der Waals surface area contributed by atoms with Crippen molar-refractivity contribution >= 4 is 27.3 Å². The van der Waals surface area contributed by atoms with Gasteiger partial charge in [-0.2, -0.15) is 11.3 Å². The number of hydrogen-bond donors (Lipinski definition) is 2. The van der Waals surface area contributed by atoms with E-state index in [4.69, 9.17) is 4.74 Å². The first kappa shape index (κ1) is 15.5. The summed E-state index contributed by atoms with van der Waals surface area (Å²) in [6.07, 6.45) is -0.467. The molecule has 3 nitrogen and oxygen atoms in total. The molecule has 108 valence electrons. The number of hydrogen-bond acceptors (Lipinski definition) is 4. The van der Waals surface area contributed by atoms with E-state index in [2.05, 4.69) is 28.2 Å². The fraction of sp³-hybridized carbons (Fsp3) is 0.333. The minimum Gasteiger partial charge on any atom is -0.496 e. The Balaban J connectivity index is 1.94. The smallest absolute Gasteiger partial charge is 0.133 e. The summed E-state index contributed by atoms with van der Waals surface area (Å²) in [6, 6.07) is 8.11. The summed E-state index contributed by atoms with van der Waals surface area (Å²) in [6.45, 7) is 2.61. The molecule has 1 aromatic carbocycles. The molecular formula is C15H18BrNO2S. The normalized spacial score (nSPS) is 14.0. The standard InChI is InChI=1S/C15H18BrNO2S/c1-10(11-3-4-15(19-2)13(16)7-11)17-8-14(18)12-5-6-20-9-12/h3-7,9-10,14,17-18H,8H2,1-2H3. The lowest BCUT2D eigenvalue weighted by molar-refractivity contribution is 0.171. The second-order valence-corrected chi connectivity index (χ2v) is 6.23. The van der Waals surface area contributed by atoms with Crippen molar-refractivity contribution in [2.75, 3.05) is 13.7 Å². The lowest BCUT2D eigenvalue weighted by Crippen LogP contribution is -2.24. The van der Waals surface area contributed by atoms with Crippen molar-refractivity contribution in [3.05, 3.63) is 50.6 Å². The molecular weight excluding hydrogens is 338 g/mol. The first-order valence-electron chi connectivity index (χ1n) is 6.38. The Labute approximate surface area is 131 Å². The second-order valence-electron chi connectivity index (χ2n) is 4.60. The number of rotatable bonds is 6. The summed E-state index contributed by atoms with van der Waals surface area (Å²) in [5.74, 6) is 0.819. The zero-order chi connectivity index (χ0) is 14.5. The second kappa shape index (κ2) is 7.22. The zero-order valence-electron chi connectivity index (χ0n) is 11.5. The number of ether oxygens (including phenoxy) is 1. The molecule has 5 heteroatoms. The Morgan fingerprint density at radius 3 is 2.75 bits per heavy atom. The highest BCUT2D eigenvalue weighted by molar-refractivity contribution is 9.10. The molecule has 2 N–H and O–H groups in total. The SMILES string of the molecule is COc1ccc(C(C)NCC(O)c2ccsc2)cc1Br. The predicted molar refractivity (Wildman–Crippen MR) is 86.4 cm³/mol. The van der Waals surface area contributed by atoms with Gasteiger partial charge in [-0.15, -0.1) is 0 Å². The Morgan fingerprint density at radius 1 is 1.35 bits per heavy atom. The van der Waals surface area contributed by atoms with Crippen LogP contribution in [0.4, 0.5) is 0 Å². The van der Waals surface area contributed by atoms with Gasteiger partial charge in [0.05, 0.1) is 17.7 Å². The molecule has 2 unspecified atom stereocenters. The highest BCUT2D eigenvalue weighted by Crippen LogP contribution is 2.28. The molecule has 0 radical (unpaired) electrons. The lowest BCUT2D eigenvalue weighted by atomic mass is 10.1. The molecule has 0 saturated heterocycles. The molecule has 0 aliphatic carbocycles. The maximum absolute atomic E-state index is 10.1. The number of nitrogens with one attached hydrogen (secondary N) is 1. The maximum atomic E-state index is 10.1. The van der Waals surface area contributed by atoms with Crippen molar-refractivity contribution in [1.29, 1.82) is 0 Å². The molecule has 1 heterocycles. The lowest BCUT2D eigenvalue weighted by Gasteiger charge is -2.18. The van der Waals surface area contributed by atoms with Crippen LogP contribution in [0.1, 0.15) is 30.2 Å². The van der Waals surface area contributed by atoms with E-state index in [-0.39, 0.29) is 6.04 Å².